The summed E-state index contributed by atoms with van der Waals surface area (Å²) in [6.07, 6.45) is 0.324. The Labute approximate surface area is 137 Å². The van der Waals surface area contributed by atoms with E-state index in [1.54, 1.807) is 0 Å². The Bertz CT molecular complexity index is 612. The minimum atomic E-state index is -1.08. The summed E-state index contributed by atoms with van der Waals surface area (Å²) >= 11 is 5.63. The monoisotopic (exact) mass is 345 g/mol. The Morgan fingerprint density at radius 1 is 1.48 bits per heavy atom. The van der Waals surface area contributed by atoms with Gasteiger partial charge in [-0.25, -0.2) is 4.39 Å². The smallest absolute Gasteiger partial charge is 0.313 e. The Balaban J connectivity index is 1.94. The van der Waals surface area contributed by atoms with Crippen LogP contribution in [0.5, 0.6) is 5.75 Å². The minimum Gasteiger partial charge on any atom is -0.484 e. The van der Waals surface area contributed by atoms with Crippen LogP contribution in [0, 0.1) is 11.2 Å². The summed E-state index contributed by atoms with van der Waals surface area (Å²) in [6, 6.07) is 3.79. The van der Waals surface area contributed by atoms with Crippen molar-refractivity contribution >= 4 is 23.5 Å². The molecule has 0 spiro atoms. The van der Waals surface area contributed by atoms with E-state index in [2.05, 4.69) is 0 Å². The number of hydrogen-bond donors (Lipinski definition) is 1. The number of rotatable bonds is 6. The molecule has 1 atom stereocenters. The average Bonchev–Trinajstić information content (AvgIpc) is 2.94. The van der Waals surface area contributed by atoms with Crippen molar-refractivity contribution in [3.05, 3.63) is 29.0 Å². The quantitative estimate of drug-likeness (QED) is 0.851. The number of carbonyl (C=O) groups is 2. The van der Waals surface area contributed by atoms with E-state index in [4.69, 9.17) is 21.1 Å². The van der Waals surface area contributed by atoms with E-state index in [9.17, 15) is 19.1 Å². The van der Waals surface area contributed by atoms with Gasteiger partial charge in [0.05, 0.1) is 11.6 Å². The predicted octanol–water partition coefficient (Wildman–Crippen LogP) is 1.81. The summed E-state index contributed by atoms with van der Waals surface area (Å²) in [6.45, 7) is 0.162. The molecule has 1 amide bonds. The van der Waals surface area contributed by atoms with Gasteiger partial charge in [0.2, 0.25) is 0 Å². The summed E-state index contributed by atoms with van der Waals surface area (Å²) < 4.78 is 23.3. The number of ether oxygens (including phenoxy) is 2. The zero-order valence-electron chi connectivity index (χ0n) is 12.6. The lowest BCUT2D eigenvalue weighted by molar-refractivity contribution is -0.151. The van der Waals surface area contributed by atoms with Gasteiger partial charge in [0.25, 0.3) is 5.91 Å². The van der Waals surface area contributed by atoms with Gasteiger partial charge in [0.15, 0.2) is 6.61 Å². The highest BCUT2D eigenvalue weighted by molar-refractivity contribution is 6.30. The van der Waals surface area contributed by atoms with Crippen molar-refractivity contribution < 1.29 is 28.6 Å². The summed E-state index contributed by atoms with van der Waals surface area (Å²) in [5.74, 6) is -1.63. The fourth-order valence-electron chi connectivity index (χ4n) is 2.52. The molecule has 1 aromatic carbocycles. The molecule has 1 aliphatic heterocycles. The summed E-state index contributed by atoms with van der Waals surface area (Å²) in [4.78, 5) is 25.0. The molecule has 0 aromatic heterocycles. The summed E-state index contributed by atoms with van der Waals surface area (Å²) in [7, 11) is 1.43. The molecular weight excluding hydrogens is 329 g/mol. The van der Waals surface area contributed by atoms with Crippen LogP contribution in [0.15, 0.2) is 18.2 Å². The standard InChI is InChI=1S/C15H17ClFNO5/c1-22-9-15(14(20)21)4-5-18(8-15)13(19)7-23-10-2-3-12(17)11(16)6-10/h2-3,6H,4-5,7-9H2,1H3,(H,20,21). The Morgan fingerprint density at radius 2 is 2.22 bits per heavy atom. The van der Waals surface area contributed by atoms with Gasteiger partial charge in [-0.15, -0.1) is 0 Å². The van der Waals surface area contributed by atoms with Crippen molar-refractivity contribution in [2.24, 2.45) is 5.41 Å². The molecule has 1 aromatic rings. The van der Waals surface area contributed by atoms with Gasteiger partial charge in [-0.3, -0.25) is 9.59 Å². The number of carboxylic acids is 1. The van der Waals surface area contributed by atoms with Crippen LogP contribution in [0.4, 0.5) is 4.39 Å². The van der Waals surface area contributed by atoms with Crippen LogP contribution in [-0.4, -0.2) is 55.3 Å². The highest BCUT2D eigenvalue weighted by Gasteiger charge is 2.46. The van der Waals surface area contributed by atoms with Crippen molar-refractivity contribution in [2.75, 3.05) is 33.4 Å². The highest BCUT2D eigenvalue weighted by Crippen LogP contribution is 2.31. The second kappa shape index (κ2) is 7.14. The largest absolute Gasteiger partial charge is 0.484 e. The third kappa shape index (κ3) is 3.92. The first-order valence-electron chi connectivity index (χ1n) is 6.96. The molecule has 0 radical (unpaired) electrons. The number of benzene rings is 1. The molecule has 23 heavy (non-hydrogen) atoms. The fraction of sp³-hybridized carbons (Fsp3) is 0.467. The van der Waals surface area contributed by atoms with Gasteiger partial charge in [-0.2, -0.15) is 0 Å². The van der Waals surface area contributed by atoms with Gasteiger partial charge in [0.1, 0.15) is 17.0 Å². The molecule has 1 saturated heterocycles. The molecule has 1 heterocycles. The molecule has 1 fully saturated rings. The van der Waals surface area contributed by atoms with Crippen molar-refractivity contribution in [3.8, 4) is 5.75 Å². The highest BCUT2D eigenvalue weighted by atomic mass is 35.5. The molecule has 126 valence electrons. The number of amides is 1. The average molecular weight is 346 g/mol. The first-order valence-corrected chi connectivity index (χ1v) is 7.34. The topological polar surface area (TPSA) is 76.1 Å². The van der Waals surface area contributed by atoms with Gasteiger partial charge in [-0.1, -0.05) is 11.6 Å². The number of carbonyl (C=O) groups excluding carboxylic acids is 1. The maximum atomic E-state index is 13.0. The number of hydrogen-bond acceptors (Lipinski definition) is 4. The van der Waals surface area contributed by atoms with E-state index in [1.165, 1.54) is 24.1 Å². The van der Waals surface area contributed by atoms with Crippen molar-refractivity contribution in [3.63, 3.8) is 0 Å². The third-order valence-electron chi connectivity index (χ3n) is 3.83. The lowest BCUT2D eigenvalue weighted by atomic mass is 9.88. The summed E-state index contributed by atoms with van der Waals surface area (Å²) in [5.41, 5.74) is -1.08. The number of nitrogens with zero attached hydrogens (tertiary/aromatic N) is 1. The maximum absolute atomic E-state index is 13.0. The van der Waals surface area contributed by atoms with E-state index >= 15 is 0 Å². The number of halogens is 2. The molecule has 8 heteroatoms. The third-order valence-corrected chi connectivity index (χ3v) is 4.12. The lowest BCUT2D eigenvalue weighted by Gasteiger charge is -2.23. The number of carboxylic acid groups (broad SMARTS) is 1. The lowest BCUT2D eigenvalue weighted by Crippen LogP contribution is -2.41. The number of aliphatic carboxylic acids is 1. The molecule has 6 nitrogen and oxygen atoms in total. The van der Waals surface area contributed by atoms with Crippen molar-refractivity contribution in [2.45, 2.75) is 6.42 Å². The normalized spacial score (nSPS) is 20.6. The van der Waals surface area contributed by atoms with Crippen LogP contribution in [0.3, 0.4) is 0 Å². The van der Waals surface area contributed by atoms with Gasteiger partial charge >= 0.3 is 5.97 Å². The SMILES string of the molecule is COCC1(C(=O)O)CCN(C(=O)COc2ccc(F)c(Cl)c2)C1. The van der Waals surface area contributed by atoms with Crippen LogP contribution in [0.1, 0.15) is 6.42 Å². The Morgan fingerprint density at radius 3 is 2.83 bits per heavy atom. The van der Waals surface area contributed by atoms with E-state index < -0.39 is 17.2 Å². The van der Waals surface area contributed by atoms with Crippen LogP contribution in [0.25, 0.3) is 0 Å². The molecule has 0 aliphatic carbocycles. The van der Waals surface area contributed by atoms with Crippen LogP contribution in [-0.2, 0) is 14.3 Å². The van der Waals surface area contributed by atoms with Crippen LogP contribution < -0.4 is 4.74 Å². The van der Waals surface area contributed by atoms with E-state index in [0.717, 1.165) is 6.07 Å². The number of likely N-dealkylation sites (tertiary alicyclic amines) is 1. The van der Waals surface area contributed by atoms with E-state index in [1.807, 2.05) is 0 Å². The molecule has 1 N–H and O–H groups in total. The van der Waals surface area contributed by atoms with Crippen molar-refractivity contribution in [1.29, 1.82) is 0 Å². The molecule has 2 rings (SSSR count). The fourth-order valence-corrected chi connectivity index (χ4v) is 2.69. The number of methoxy groups -OCH3 is 1. The van der Waals surface area contributed by atoms with Gasteiger partial charge < -0.3 is 19.5 Å². The second-order valence-corrected chi connectivity index (χ2v) is 5.86. The van der Waals surface area contributed by atoms with Gasteiger partial charge in [-0.05, 0) is 18.6 Å². The van der Waals surface area contributed by atoms with E-state index in [0.29, 0.717) is 13.0 Å². The van der Waals surface area contributed by atoms with Crippen molar-refractivity contribution in [1.82, 2.24) is 4.90 Å². The molecule has 1 unspecified atom stereocenters. The zero-order chi connectivity index (χ0) is 17.0. The Kier molecular flexibility index (Phi) is 5.43. The predicted molar refractivity (Wildman–Crippen MR) is 80.0 cm³/mol. The zero-order valence-corrected chi connectivity index (χ0v) is 13.3. The minimum absolute atomic E-state index is 0.0422. The van der Waals surface area contributed by atoms with E-state index in [-0.39, 0.29) is 36.4 Å². The van der Waals surface area contributed by atoms with Crippen LogP contribution >= 0.6 is 11.6 Å². The maximum Gasteiger partial charge on any atom is 0.313 e. The molecule has 0 saturated carbocycles. The first-order chi connectivity index (χ1) is 10.9. The molecule has 0 bridgehead atoms. The summed E-state index contributed by atoms with van der Waals surface area (Å²) in [5, 5.41) is 9.26. The molecular formula is C15H17ClFNO5. The molecule has 1 aliphatic rings. The Hall–Kier alpha value is -1.86. The van der Waals surface area contributed by atoms with Crippen LogP contribution in [0.2, 0.25) is 5.02 Å². The first kappa shape index (κ1) is 17.5. The van der Waals surface area contributed by atoms with Gasteiger partial charge in [0, 0.05) is 26.3 Å². The second-order valence-electron chi connectivity index (χ2n) is 5.45.